The van der Waals surface area contributed by atoms with E-state index in [1.54, 1.807) is 18.2 Å². The second-order valence-electron chi connectivity index (χ2n) is 5.99. The van der Waals surface area contributed by atoms with Gasteiger partial charge in [0.1, 0.15) is 5.75 Å². The summed E-state index contributed by atoms with van der Waals surface area (Å²) in [5.74, 6) is 0.762. The molecular weight excluding hydrogens is 491 g/mol. The number of hydrogen-bond donors (Lipinski definition) is 2. The molecule has 2 aromatic carbocycles. The molecule has 0 aliphatic carbocycles. The lowest BCUT2D eigenvalue weighted by Gasteiger charge is -2.14. The van der Waals surface area contributed by atoms with Crippen LogP contribution < -0.4 is 15.4 Å². The molecule has 160 valence electrons. The number of benzene rings is 2. The molecule has 8 heteroatoms. The van der Waals surface area contributed by atoms with Gasteiger partial charge in [-0.25, -0.2) is 4.99 Å². The van der Waals surface area contributed by atoms with Gasteiger partial charge in [0.15, 0.2) is 5.96 Å². The molecule has 0 saturated carbocycles. The number of ether oxygens (including phenoxy) is 2. The Hall–Kier alpha value is -1.94. The van der Waals surface area contributed by atoms with Gasteiger partial charge in [0.2, 0.25) is 0 Å². The molecule has 2 N–H and O–H groups in total. The number of nitrogens with one attached hydrogen (secondary N) is 2. The van der Waals surface area contributed by atoms with E-state index in [0.29, 0.717) is 44.4 Å². The fourth-order valence-corrected chi connectivity index (χ4v) is 2.51. The zero-order chi connectivity index (χ0) is 20.2. The molecule has 0 aromatic heterocycles. The standard InChI is InChI=1S/C21H27F2N3O2.HI/c1-3-24-21(25-13-16-9-11-17(12-10-16)15-27-4-2)26-14-18-7-5-6-8-19(18)28-20(22)23;/h5-12,20H,3-4,13-15H2,1-2H3,(H2,24,25,26);1H. The van der Waals surface area contributed by atoms with Crippen molar-refractivity contribution in [3.05, 3.63) is 65.2 Å². The fraction of sp³-hybridized carbons (Fsp3) is 0.381. The minimum absolute atomic E-state index is 0. The first-order valence-electron chi connectivity index (χ1n) is 9.32. The molecule has 0 bridgehead atoms. The summed E-state index contributed by atoms with van der Waals surface area (Å²) in [6, 6.07) is 14.8. The Morgan fingerprint density at radius 1 is 1.00 bits per heavy atom. The van der Waals surface area contributed by atoms with Gasteiger partial charge >= 0.3 is 6.61 Å². The van der Waals surface area contributed by atoms with Gasteiger partial charge in [0, 0.05) is 25.3 Å². The van der Waals surface area contributed by atoms with Crippen molar-refractivity contribution in [2.45, 2.75) is 40.2 Å². The lowest BCUT2D eigenvalue weighted by molar-refractivity contribution is -0.0504. The maximum Gasteiger partial charge on any atom is 0.387 e. The predicted molar refractivity (Wildman–Crippen MR) is 122 cm³/mol. The molecular formula is C21H28F2IN3O2. The van der Waals surface area contributed by atoms with Crippen LogP contribution in [0.15, 0.2) is 53.5 Å². The summed E-state index contributed by atoms with van der Waals surface area (Å²) < 4.78 is 35.0. The van der Waals surface area contributed by atoms with Crippen LogP contribution in [0.5, 0.6) is 5.75 Å². The van der Waals surface area contributed by atoms with E-state index in [-0.39, 0.29) is 29.7 Å². The van der Waals surface area contributed by atoms with Crippen LogP contribution >= 0.6 is 24.0 Å². The number of halogens is 3. The van der Waals surface area contributed by atoms with Crippen molar-refractivity contribution < 1.29 is 18.3 Å². The summed E-state index contributed by atoms with van der Waals surface area (Å²) in [6.45, 7) is 3.88. The third kappa shape index (κ3) is 9.40. The number of nitrogens with zero attached hydrogens (tertiary/aromatic N) is 1. The smallest absolute Gasteiger partial charge is 0.387 e. The Kier molecular flexibility index (Phi) is 12.2. The molecule has 0 amide bonds. The lowest BCUT2D eigenvalue weighted by Crippen LogP contribution is -2.36. The molecule has 29 heavy (non-hydrogen) atoms. The normalized spacial score (nSPS) is 11.1. The average molecular weight is 519 g/mol. The maximum absolute atomic E-state index is 12.5. The maximum atomic E-state index is 12.5. The summed E-state index contributed by atoms with van der Waals surface area (Å²) in [5.41, 5.74) is 2.82. The Labute approximate surface area is 187 Å². The molecule has 5 nitrogen and oxygen atoms in total. The first-order valence-corrected chi connectivity index (χ1v) is 9.32. The van der Waals surface area contributed by atoms with Gasteiger partial charge < -0.3 is 20.1 Å². The molecule has 0 heterocycles. The molecule has 0 atom stereocenters. The van der Waals surface area contributed by atoms with Crippen molar-refractivity contribution in [2.24, 2.45) is 4.99 Å². The highest BCUT2D eigenvalue weighted by atomic mass is 127. The molecule has 0 fully saturated rings. The van der Waals surface area contributed by atoms with E-state index in [1.165, 1.54) is 6.07 Å². The highest BCUT2D eigenvalue weighted by molar-refractivity contribution is 14.0. The second kappa shape index (κ2) is 14.1. The van der Waals surface area contributed by atoms with Crippen LogP contribution in [0, 0.1) is 0 Å². The van der Waals surface area contributed by atoms with E-state index >= 15 is 0 Å². The van der Waals surface area contributed by atoms with Crippen molar-refractivity contribution in [1.29, 1.82) is 0 Å². The van der Waals surface area contributed by atoms with E-state index in [4.69, 9.17) is 4.74 Å². The van der Waals surface area contributed by atoms with Crippen molar-refractivity contribution in [3.8, 4) is 5.75 Å². The molecule has 2 aromatic rings. The van der Waals surface area contributed by atoms with Gasteiger partial charge in [-0.2, -0.15) is 8.78 Å². The quantitative estimate of drug-likeness (QED) is 0.272. The van der Waals surface area contributed by atoms with Crippen molar-refractivity contribution in [3.63, 3.8) is 0 Å². The minimum atomic E-state index is -2.85. The largest absolute Gasteiger partial charge is 0.434 e. The SMILES string of the molecule is CCNC(=NCc1ccc(COCC)cc1)NCc1ccccc1OC(F)F.I. The lowest BCUT2D eigenvalue weighted by atomic mass is 10.1. The average Bonchev–Trinajstić information content (AvgIpc) is 2.70. The summed E-state index contributed by atoms with van der Waals surface area (Å²) >= 11 is 0. The number of aliphatic imine (C=N–C) groups is 1. The van der Waals surface area contributed by atoms with E-state index in [0.717, 1.165) is 11.1 Å². The summed E-state index contributed by atoms with van der Waals surface area (Å²) in [4.78, 5) is 4.56. The number of hydrogen-bond acceptors (Lipinski definition) is 3. The van der Waals surface area contributed by atoms with E-state index in [9.17, 15) is 8.78 Å². The fourth-order valence-electron chi connectivity index (χ4n) is 2.51. The van der Waals surface area contributed by atoms with E-state index < -0.39 is 6.61 Å². The van der Waals surface area contributed by atoms with Gasteiger partial charge in [0.25, 0.3) is 0 Å². The summed E-state index contributed by atoms with van der Waals surface area (Å²) in [6.07, 6.45) is 0. The van der Waals surface area contributed by atoms with Crippen LogP contribution in [0.25, 0.3) is 0 Å². The topological polar surface area (TPSA) is 54.9 Å². The third-order valence-electron chi connectivity index (χ3n) is 3.89. The molecule has 0 aliphatic heterocycles. The molecule has 0 spiro atoms. The number of alkyl halides is 2. The van der Waals surface area contributed by atoms with Crippen molar-refractivity contribution >= 4 is 29.9 Å². The van der Waals surface area contributed by atoms with Crippen molar-refractivity contribution in [1.82, 2.24) is 10.6 Å². The number of rotatable bonds is 10. The molecule has 0 saturated heterocycles. The number of para-hydroxylation sites is 1. The van der Waals surface area contributed by atoms with Gasteiger partial charge in [-0.05, 0) is 31.0 Å². The van der Waals surface area contributed by atoms with Gasteiger partial charge in [-0.1, -0.05) is 42.5 Å². The minimum Gasteiger partial charge on any atom is -0.434 e. The second-order valence-corrected chi connectivity index (χ2v) is 5.99. The molecule has 0 unspecified atom stereocenters. The zero-order valence-corrected chi connectivity index (χ0v) is 19.0. The predicted octanol–water partition coefficient (Wildman–Crippen LogP) is 4.70. The Morgan fingerprint density at radius 2 is 1.69 bits per heavy atom. The summed E-state index contributed by atoms with van der Waals surface area (Å²) in [5, 5.41) is 6.31. The molecule has 2 rings (SSSR count). The van der Waals surface area contributed by atoms with Crippen LogP contribution in [0.3, 0.4) is 0 Å². The van der Waals surface area contributed by atoms with Crippen LogP contribution in [0.1, 0.15) is 30.5 Å². The monoisotopic (exact) mass is 519 g/mol. The first-order chi connectivity index (χ1) is 13.6. The van der Waals surface area contributed by atoms with Crippen LogP contribution in [-0.4, -0.2) is 25.7 Å². The highest BCUT2D eigenvalue weighted by Crippen LogP contribution is 2.19. The van der Waals surface area contributed by atoms with Crippen molar-refractivity contribution in [2.75, 3.05) is 13.2 Å². The molecule has 0 radical (unpaired) electrons. The first kappa shape index (κ1) is 25.1. The Balaban J connectivity index is 0.00000420. The van der Waals surface area contributed by atoms with Crippen LogP contribution in [-0.2, 0) is 24.4 Å². The van der Waals surface area contributed by atoms with E-state index in [1.807, 2.05) is 38.1 Å². The van der Waals surface area contributed by atoms with Gasteiger partial charge in [0.05, 0.1) is 13.2 Å². The zero-order valence-electron chi connectivity index (χ0n) is 16.7. The third-order valence-corrected chi connectivity index (χ3v) is 3.89. The van der Waals surface area contributed by atoms with Crippen LogP contribution in [0.4, 0.5) is 8.78 Å². The Bertz CT molecular complexity index is 743. The Morgan fingerprint density at radius 3 is 2.34 bits per heavy atom. The van der Waals surface area contributed by atoms with Crippen LogP contribution in [0.2, 0.25) is 0 Å². The van der Waals surface area contributed by atoms with E-state index in [2.05, 4.69) is 20.4 Å². The van der Waals surface area contributed by atoms with Gasteiger partial charge in [-0.3, -0.25) is 0 Å². The van der Waals surface area contributed by atoms with Gasteiger partial charge in [-0.15, -0.1) is 24.0 Å². The summed E-state index contributed by atoms with van der Waals surface area (Å²) in [7, 11) is 0. The molecule has 0 aliphatic rings. The number of guanidine groups is 1. The highest BCUT2D eigenvalue weighted by Gasteiger charge is 2.09.